The highest BCUT2D eigenvalue weighted by Gasteiger charge is 2.44. The summed E-state index contributed by atoms with van der Waals surface area (Å²) in [6.45, 7) is 13.6. The number of hydrogen-bond acceptors (Lipinski definition) is 2. The van der Waals surface area contributed by atoms with Gasteiger partial charge in [0.25, 0.3) is 0 Å². The van der Waals surface area contributed by atoms with Gasteiger partial charge in [0, 0.05) is 13.0 Å². The van der Waals surface area contributed by atoms with Crippen molar-refractivity contribution >= 4 is 0 Å². The van der Waals surface area contributed by atoms with E-state index < -0.39 is 5.79 Å². The van der Waals surface area contributed by atoms with Crippen LogP contribution in [0, 0.1) is 29.6 Å². The molecule has 0 aliphatic heterocycles. The molecule has 0 aromatic carbocycles. The third-order valence-electron chi connectivity index (χ3n) is 4.91. The number of hydrogen-bond donors (Lipinski definition) is 1. The molecule has 1 N–H and O–H groups in total. The molecule has 1 aliphatic rings. The van der Waals surface area contributed by atoms with Crippen molar-refractivity contribution in [2.75, 3.05) is 6.61 Å². The van der Waals surface area contributed by atoms with Gasteiger partial charge < -0.3 is 9.84 Å². The standard InChI is InChI=1S/C14H28O2/c1-7-16-14(6,15)8-13-11(4)9(2)10(3)12(13)5/h9-13,15H,7-8H2,1-6H3/t9?,10?,11-,12?,13?,14?/m0/s1. The summed E-state index contributed by atoms with van der Waals surface area (Å²) in [7, 11) is 0. The second kappa shape index (κ2) is 5.05. The van der Waals surface area contributed by atoms with Gasteiger partial charge in [0.2, 0.25) is 0 Å². The molecule has 2 heteroatoms. The first-order valence-electron chi connectivity index (χ1n) is 6.66. The van der Waals surface area contributed by atoms with Crippen molar-refractivity contribution < 1.29 is 9.84 Å². The molecule has 0 amide bonds. The van der Waals surface area contributed by atoms with Gasteiger partial charge >= 0.3 is 0 Å². The fraction of sp³-hybridized carbons (Fsp3) is 1.00. The maximum absolute atomic E-state index is 10.2. The van der Waals surface area contributed by atoms with Gasteiger partial charge in [0.15, 0.2) is 5.79 Å². The molecule has 96 valence electrons. The number of ether oxygens (including phenoxy) is 1. The van der Waals surface area contributed by atoms with E-state index in [1.54, 1.807) is 6.92 Å². The van der Waals surface area contributed by atoms with E-state index in [-0.39, 0.29) is 0 Å². The van der Waals surface area contributed by atoms with E-state index >= 15 is 0 Å². The van der Waals surface area contributed by atoms with Crippen LogP contribution in [-0.4, -0.2) is 17.5 Å². The molecule has 0 saturated heterocycles. The van der Waals surface area contributed by atoms with Gasteiger partial charge in [-0.3, -0.25) is 0 Å². The summed E-state index contributed by atoms with van der Waals surface area (Å²) in [5, 5.41) is 10.2. The maximum Gasteiger partial charge on any atom is 0.162 e. The Bertz CT molecular complexity index is 211. The first-order valence-corrected chi connectivity index (χ1v) is 6.66. The van der Waals surface area contributed by atoms with Crippen molar-refractivity contribution in [3.05, 3.63) is 0 Å². The molecule has 0 bridgehead atoms. The molecule has 0 aromatic rings. The molecule has 1 saturated carbocycles. The third kappa shape index (κ3) is 2.78. The molecule has 5 unspecified atom stereocenters. The summed E-state index contributed by atoms with van der Waals surface area (Å²) in [4.78, 5) is 0. The molecule has 0 aromatic heterocycles. The highest BCUT2D eigenvalue weighted by Crippen LogP contribution is 2.48. The molecular weight excluding hydrogens is 200 g/mol. The van der Waals surface area contributed by atoms with E-state index in [1.165, 1.54) is 0 Å². The minimum absolute atomic E-state index is 0.576. The van der Waals surface area contributed by atoms with Gasteiger partial charge in [-0.25, -0.2) is 0 Å². The Morgan fingerprint density at radius 1 is 1.00 bits per heavy atom. The Balaban J connectivity index is 2.67. The average Bonchev–Trinajstić information content (AvgIpc) is 2.35. The maximum atomic E-state index is 10.2. The second-order valence-corrected chi connectivity index (χ2v) is 5.91. The molecule has 16 heavy (non-hydrogen) atoms. The van der Waals surface area contributed by atoms with Crippen molar-refractivity contribution in [2.24, 2.45) is 29.6 Å². The Morgan fingerprint density at radius 3 is 1.81 bits per heavy atom. The monoisotopic (exact) mass is 228 g/mol. The smallest absolute Gasteiger partial charge is 0.162 e. The molecule has 0 radical (unpaired) electrons. The lowest BCUT2D eigenvalue weighted by atomic mass is 9.84. The summed E-state index contributed by atoms with van der Waals surface area (Å²) < 4.78 is 5.41. The molecule has 1 rings (SSSR count). The zero-order valence-electron chi connectivity index (χ0n) is 11.7. The van der Waals surface area contributed by atoms with Crippen LogP contribution >= 0.6 is 0 Å². The number of aliphatic hydroxyl groups is 1. The molecule has 2 nitrogen and oxygen atoms in total. The van der Waals surface area contributed by atoms with Gasteiger partial charge in [-0.15, -0.1) is 0 Å². The van der Waals surface area contributed by atoms with Crippen molar-refractivity contribution in [3.63, 3.8) is 0 Å². The summed E-state index contributed by atoms with van der Waals surface area (Å²) >= 11 is 0. The lowest BCUT2D eigenvalue weighted by Crippen LogP contribution is -2.33. The zero-order chi connectivity index (χ0) is 12.5. The van der Waals surface area contributed by atoms with E-state index in [0.717, 1.165) is 18.3 Å². The SMILES string of the molecule is CCOC(C)(O)CC1C(C)C(C)C(C)[C@@H]1C. The predicted octanol–water partition coefficient (Wildman–Crippen LogP) is 3.30. The Morgan fingerprint density at radius 2 is 1.44 bits per heavy atom. The molecule has 0 spiro atoms. The first kappa shape index (κ1) is 14.0. The van der Waals surface area contributed by atoms with E-state index in [9.17, 15) is 5.11 Å². The molecular formula is C14H28O2. The third-order valence-corrected chi connectivity index (χ3v) is 4.91. The largest absolute Gasteiger partial charge is 0.366 e. The van der Waals surface area contributed by atoms with Crippen LogP contribution in [0.4, 0.5) is 0 Å². The van der Waals surface area contributed by atoms with E-state index in [0.29, 0.717) is 24.4 Å². The summed E-state index contributed by atoms with van der Waals surface area (Å²) in [5.74, 6) is 2.47. The average molecular weight is 228 g/mol. The van der Waals surface area contributed by atoms with Crippen LogP contribution in [0.2, 0.25) is 0 Å². The fourth-order valence-corrected chi connectivity index (χ4v) is 3.40. The van der Waals surface area contributed by atoms with Gasteiger partial charge in [0.1, 0.15) is 0 Å². The van der Waals surface area contributed by atoms with Crippen molar-refractivity contribution in [1.29, 1.82) is 0 Å². The van der Waals surface area contributed by atoms with E-state index in [2.05, 4.69) is 27.7 Å². The van der Waals surface area contributed by atoms with Crippen LogP contribution in [0.25, 0.3) is 0 Å². The minimum Gasteiger partial charge on any atom is -0.366 e. The lowest BCUT2D eigenvalue weighted by molar-refractivity contribution is -0.201. The molecule has 1 fully saturated rings. The number of rotatable bonds is 4. The van der Waals surface area contributed by atoms with E-state index in [4.69, 9.17) is 4.74 Å². The highest BCUT2D eigenvalue weighted by atomic mass is 16.6. The van der Waals surface area contributed by atoms with Crippen molar-refractivity contribution in [3.8, 4) is 0 Å². The summed E-state index contributed by atoms with van der Waals surface area (Å²) in [6.07, 6.45) is 0.762. The van der Waals surface area contributed by atoms with Crippen LogP contribution in [-0.2, 0) is 4.74 Å². The quantitative estimate of drug-likeness (QED) is 0.748. The van der Waals surface area contributed by atoms with Gasteiger partial charge in [-0.1, -0.05) is 27.7 Å². The van der Waals surface area contributed by atoms with Crippen LogP contribution in [0.15, 0.2) is 0 Å². The van der Waals surface area contributed by atoms with E-state index in [1.807, 2.05) is 6.92 Å². The zero-order valence-corrected chi connectivity index (χ0v) is 11.7. The Labute approximate surface area is 100 Å². The topological polar surface area (TPSA) is 29.5 Å². The second-order valence-electron chi connectivity index (χ2n) is 5.91. The van der Waals surface area contributed by atoms with Crippen LogP contribution in [0.3, 0.4) is 0 Å². The minimum atomic E-state index is -0.953. The van der Waals surface area contributed by atoms with Crippen LogP contribution in [0.1, 0.15) is 48.0 Å². The first-order chi connectivity index (χ1) is 7.30. The Kier molecular flexibility index (Phi) is 4.42. The van der Waals surface area contributed by atoms with Crippen molar-refractivity contribution in [2.45, 2.75) is 53.8 Å². The predicted molar refractivity (Wildman–Crippen MR) is 67.0 cm³/mol. The van der Waals surface area contributed by atoms with Gasteiger partial charge in [-0.2, -0.15) is 0 Å². The molecule has 0 heterocycles. The fourth-order valence-electron chi connectivity index (χ4n) is 3.40. The normalized spacial score (nSPS) is 43.3. The van der Waals surface area contributed by atoms with Crippen molar-refractivity contribution in [1.82, 2.24) is 0 Å². The van der Waals surface area contributed by atoms with Crippen LogP contribution in [0.5, 0.6) is 0 Å². The Hall–Kier alpha value is -0.0800. The highest BCUT2D eigenvalue weighted by molar-refractivity contribution is 4.91. The van der Waals surface area contributed by atoms with Gasteiger partial charge in [-0.05, 0) is 43.4 Å². The van der Waals surface area contributed by atoms with Gasteiger partial charge in [0.05, 0.1) is 0 Å². The summed E-state index contributed by atoms with van der Waals surface area (Å²) in [5.41, 5.74) is 0. The lowest BCUT2D eigenvalue weighted by Gasteiger charge is -2.31. The summed E-state index contributed by atoms with van der Waals surface area (Å²) in [6, 6.07) is 0. The molecule has 6 atom stereocenters. The molecule has 1 aliphatic carbocycles. The van der Waals surface area contributed by atoms with Crippen LogP contribution < -0.4 is 0 Å².